The lowest BCUT2D eigenvalue weighted by atomic mass is 10.0. The zero-order valence-corrected chi connectivity index (χ0v) is 16.7. The van der Waals surface area contributed by atoms with E-state index < -0.39 is 17.3 Å². The molecule has 0 saturated heterocycles. The van der Waals surface area contributed by atoms with Gasteiger partial charge < -0.3 is 20.1 Å². The van der Waals surface area contributed by atoms with Gasteiger partial charge in [0.15, 0.2) is 0 Å². The molecule has 0 heterocycles. The lowest BCUT2D eigenvalue weighted by molar-refractivity contribution is -0.131. The van der Waals surface area contributed by atoms with Crippen LogP contribution < -0.4 is 15.4 Å². The Morgan fingerprint density at radius 1 is 0.966 bits per heavy atom. The van der Waals surface area contributed by atoms with E-state index in [0.717, 1.165) is 0 Å². The van der Waals surface area contributed by atoms with E-state index in [1.165, 1.54) is 13.2 Å². The maximum Gasteiger partial charge on any atom is 0.337 e. The minimum atomic E-state index is -1.13. The summed E-state index contributed by atoms with van der Waals surface area (Å²) in [6.07, 6.45) is 0.858. The number of amides is 2. The van der Waals surface area contributed by atoms with E-state index in [1.54, 1.807) is 36.4 Å². The van der Waals surface area contributed by atoms with E-state index in [0.29, 0.717) is 35.5 Å². The quantitative estimate of drug-likeness (QED) is 0.551. The second-order valence-corrected chi connectivity index (χ2v) is 7.23. The number of anilines is 2. The molecule has 2 N–H and O–H groups in total. The molecule has 0 aliphatic heterocycles. The third-order valence-electron chi connectivity index (χ3n) is 4.66. The Labute approximate surface area is 169 Å². The fraction of sp³-hybridized carbons (Fsp3) is 0.318. The van der Waals surface area contributed by atoms with Crippen LogP contribution in [0.25, 0.3) is 0 Å². The molecule has 152 valence electrons. The van der Waals surface area contributed by atoms with Crippen molar-refractivity contribution in [3.05, 3.63) is 54.1 Å². The van der Waals surface area contributed by atoms with Crippen LogP contribution in [0.15, 0.2) is 48.5 Å². The molecule has 0 atom stereocenters. The Morgan fingerprint density at radius 3 is 2.31 bits per heavy atom. The number of esters is 1. The van der Waals surface area contributed by atoms with Crippen molar-refractivity contribution in [1.29, 1.82) is 0 Å². The van der Waals surface area contributed by atoms with Crippen LogP contribution in [-0.2, 0) is 14.3 Å². The predicted molar refractivity (Wildman–Crippen MR) is 109 cm³/mol. The highest BCUT2D eigenvalue weighted by Crippen LogP contribution is 2.48. The summed E-state index contributed by atoms with van der Waals surface area (Å²) in [5.41, 5.74) is 0.143. The maximum absolute atomic E-state index is 12.9. The van der Waals surface area contributed by atoms with Crippen LogP contribution in [-0.4, -0.2) is 31.0 Å². The number of carbonyl (C=O) groups excluding carboxylic acids is 3. The van der Waals surface area contributed by atoms with Crippen molar-refractivity contribution in [1.82, 2.24) is 0 Å². The van der Waals surface area contributed by atoms with Crippen LogP contribution in [0.1, 0.15) is 37.0 Å². The zero-order chi connectivity index (χ0) is 21.0. The molecule has 1 aliphatic carbocycles. The standard InChI is InChI=1S/C22H24N2O5/c1-14(2)29-18-10-5-4-9-17(18)24-21(27)22(11-12-22)20(26)23-16-8-6-7-15(13-16)19(25)28-3/h4-10,13-14H,11-12H2,1-3H3,(H,23,26)(H,24,27). The number of benzene rings is 2. The van der Waals surface area contributed by atoms with Gasteiger partial charge in [-0.25, -0.2) is 4.79 Å². The van der Waals surface area contributed by atoms with E-state index in [2.05, 4.69) is 10.6 Å². The van der Waals surface area contributed by atoms with Crippen LogP contribution in [0.3, 0.4) is 0 Å². The largest absolute Gasteiger partial charge is 0.489 e. The number of methoxy groups -OCH3 is 1. The summed E-state index contributed by atoms with van der Waals surface area (Å²) in [5.74, 6) is -0.724. The summed E-state index contributed by atoms with van der Waals surface area (Å²) in [4.78, 5) is 37.4. The number of rotatable bonds is 7. The second kappa shape index (κ2) is 8.34. The molecule has 0 aromatic heterocycles. The SMILES string of the molecule is COC(=O)c1cccc(NC(=O)C2(C(=O)Nc3ccccc3OC(C)C)CC2)c1. The molecule has 2 aromatic carbocycles. The molecule has 7 nitrogen and oxygen atoms in total. The molecule has 2 amide bonds. The average Bonchev–Trinajstić information content (AvgIpc) is 3.51. The summed E-state index contributed by atoms with van der Waals surface area (Å²) < 4.78 is 10.4. The summed E-state index contributed by atoms with van der Waals surface area (Å²) in [6.45, 7) is 3.80. The number of carbonyl (C=O) groups is 3. The molecule has 1 aliphatic rings. The molecular weight excluding hydrogens is 372 g/mol. The first-order valence-corrected chi connectivity index (χ1v) is 9.43. The van der Waals surface area contributed by atoms with Crippen molar-refractivity contribution in [2.24, 2.45) is 5.41 Å². The predicted octanol–water partition coefficient (Wildman–Crippen LogP) is 3.62. The molecule has 1 fully saturated rings. The first kappa shape index (κ1) is 20.4. The van der Waals surface area contributed by atoms with Gasteiger partial charge in [0.1, 0.15) is 11.2 Å². The van der Waals surface area contributed by atoms with E-state index in [-0.39, 0.29) is 12.0 Å². The third-order valence-corrected chi connectivity index (χ3v) is 4.66. The average molecular weight is 396 g/mol. The summed E-state index contributed by atoms with van der Waals surface area (Å²) in [6, 6.07) is 13.5. The zero-order valence-electron chi connectivity index (χ0n) is 16.7. The number of para-hydroxylation sites is 2. The molecule has 1 saturated carbocycles. The first-order valence-electron chi connectivity index (χ1n) is 9.43. The van der Waals surface area contributed by atoms with Crippen LogP contribution >= 0.6 is 0 Å². The van der Waals surface area contributed by atoms with Gasteiger partial charge in [-0.15, -0.1) is 0 Å². The van der Waals surface area contributed by atoms with Gasteiger partial charge in [-0.05, 0) is 57.0 Å². The van der Waals surface area contributed by atoms with Gasteiger partial charge in [-0.2, -0.15) is 0 Å². The second-order valence-electron chi connectivity index (χ2n) is 7.23. The molecule has 7 heteroatoms. The smallest absolute Gasteiger partial charge is 0.337 e. The molecule has 0 spiro atoms. The molecule has 2 aromatic rings. The Hall–Kier alpha value is -3.35. The summed E-state index contributed by atoms with van der Waals surface area (Å²) in [5, 5.41) is 5.56. The third kappa shape index (κ3) is 4.56. The highest BCUT2D eigenvalue weighted by Gasteiger charge is 2.56. The number of hydrogen-bond acceptors (Lipinski definition) is 5. The van der Waals surface area contributed by atoms with Crippen molar-refractivity contribution >= 4 is 29.2 Å². The summed E-state index contributed by atoms with van der Waals surface area (Å²) in [7, 11) is 1.29. The lowest BCUT2D eigenvalue weighted by Crippen LogP contribution is -2.35. The Morgan fingerprint density at radius 2 is 1.66 bits per heavy atom. The molecule has 0 unspecified atom stereocenters. The van der Waals surface area contributed by atoms with Gasteiger partial charge in [0.2, 0.25) is 11.8 Å². The van der Waals surface area contributed by atoms with Crippen LogP contribution in [0.5, 0.6) is 5.75 Å². The van der Waals surface area contributed by atoms with E-state index in [1.807, 2.05) is 19.9 Å². The fourth-order valence-electron chi connectivity index (χ4n) is 2.94. The van der Waals surface area contributed by atoms with Crippen LogP contribution in [0, 0.1) is 5.41 Å². The minimum Gasteiger partial charge on any atom is -0.489 e. The Bertz CT molecular complexity index is 934. The molecular formula is C22H24N2O5. The molecule has 0 bridgehead atoms. The van der Waals surface area contributed by atoms with Gasteiger partial charge >= 0.3 is 5.97 Å². The van der Waals surface area contributed by atoms with Gasteiger partial charge in [0.25, 0.3) is 0 Å². The van der Waals surface area contributed by atoms with Crippen molar-refractivity contribution in [2.45, 2.75) is 32.8 Å². The Balaban J connectivity index is 1.72. The van der Waals surface area contributed by atoms with E-state index in [9.17, 15) is 14.4 Å². The van der Waals surface area contributed by atoms with Crippen LogP contribution in [0.4, 0.5) is 11.4 Å². The Kier molecular flexibility index (Phi) is 5.87. The number of hydrogen-bond donors (Lipinski definition) is 2. The van der Waals surface area contributed by atoms with Gasteiger partial charge in [-0.1, -0.05) is 18.2 Å². The fourth-order valence-corrected chi connectivity index (χ4v) is 2.94. The number of ether oxygens (including phenoxy) is 2. The summed E-state index contributed by atoms with van der Waals surface area (Å²) >= 11 is 0. The van der Waals surface area contributed by atoms with E-state index in [4.69, 9.17) is 9.47 Å². The normalized spacial score (nSPS) is 14.1. The maximum atomic E-state index is 12.9. The molecule has 0 radical (unpaired) electrons. The van der Waals surface area contributed by atoms with Crippen molar-refractivity contribution in [3.63, 3.8) is 0 Å². The highest BCUT2D eigenvalue weighted by atomic mass is 16.5. The van der Waals surface area contributed by atoms with Gasteiger partial charge in [0.05, 0.1) is 24.5 Å². The first-order chi connectivity index (χ1) is 13.9. The monoisotopic (exact) mass is 396 g/mol. The highest BCUT2D eigenvalue weighted by molar-refractivity contribution is 6.17. The molecule has 3 rings (SSSR count). The van der Waals surface area contributed by atoms with E-state index >= 15 is 0 Å². The van der Waals surface area contributed by atoms with Gasteiger partial charge in [0, 0.05) is 5.69 Å². The number of nitrogens with one attached hydrogen (secondary N) is 2. The van der Waals surface area contributed by atoms with Gasteiger partial charge in [-0.3, -0.25) is 9.59 Å². The lowest BCUT2D eigenvalue weighted by Gasteiger charge is -2.18. The molecule has 29 heavy (non-hydrogen) atoms. The topological polar surface area (TPSA) is 93.7 Å². The van der Waals surface area contributed by atoms with Crippen LogP contribution in [0.2, 0.25) is 0 Å². The van der Waals surface area contributed by atoms with Crippen molar-refractivity contribution < 1.29 is 23.9 Å². The minimum absolute atomic E-state index is 0.0478. The van der Waals surface area contributed by atoms with Crippen molar-refractivity contribution in [2.75, 3.05) is 17.7 Å². The van der Waals surface area contributed by atoms with Crippen molar-refractivity contribution in [3.8, 4) is 5.75 Å².